The average molecular weight is 215 g/mol. The van der Waals surface area contributed by atoms with Crippen LogP contribution >= 0.6 is 0 Å². The van der Waals surface area contributed by atoms with Gasteiger partial charge in [-0.25, -0.2) is 0 Å². The molecule has 0 spiro atoms. The Hall–Kier alpha value is -0.160. The Morgan fingerprint density at radius 3 is 2.67 bits per heavy atom. The molecule has 1 fully saturated rings. The minimum atomic E-state index is 0.276. The van der Waals surface area contributed by atoms with Gasteiger partial charge in [0.1, 0.15) is 0 Å². The normalized spacial score (nSPS) is 25.8. The number of likely N-dealkylation sites (N-methyl/N-ethyl adjacent to an activating group) is 2. The second-order valence-electron chi connectivity index (χ2n) is 4.79. The fourth-order valence-corrected chi connectivity index (χ4v) is 2.09. The molecule has 0 amide bonds. The molecular formula is C11H25N3O. The van der Waals surface area contributed by atoms with Gasteiger partial charge in [-0.1, -0.05) is 0 Å². The average Bonchev–Trinajstić information content (AvgIpc) is 2.36. The van der Waals surface area contributed by atoms with Gasteiger partial charge in [0, 0.05) is 25.7 Å². The van der Waals surface area contributed by atoms with Gasteiger partial charge in [0.25, 0.3) is 0 Å². The Morgan fingerprint density at radius 2 is 2.07 bits per heavy atom. The monoisotopic (exact) mass is 215 g/mol. The number of nitrogens with zero attached hydrogens (tertiary/aromatic N) is 3. The third-order valence-electron chi connectivity index (χ3n) is 3.07. The first-order valence-corrected chi connectivity index (χ1v) is 5.81. The third-order valence-corrected chi connectivity index (χ3v) is 3.07. The van der Waals surface area contributed by atoms with Crippen molar-refractivity contribution >= 4 is 0 Å². The molecule has 0 aromatic carbocycles. The molecule has 1 rings (SSSR count). The molecule has 90 valence electrons. The SMILES string of the molecule is CN(C)CCN1CCCN(C)CC1CO. The van der Waals surface area contributed by atoms with Crippen LogP contribution < -0.4 is 0 Å². The van der Waals surface area contributed by atoms with Crippen LogP contribution in [0, 0.1) is 0 Å². The van der Waals surface area contributed by atoms with Crippen LogP contribution in [-0.4, -0.2) is 86.3 Å². The van der Waals surface area contributed by atoms with Gasteiger partial charge in [-0.15, -0.1) is 0 Å². The first-order chi connectivity index (χ1) is 7.13. The lowest BCUT2D eigenvalue weighted by molar-refractivity contribution is 0.110. The molecule has 1 saturated heterocycles. The Bertz CT molecular complexity index is 175. The molecular weight excluding hydrogens is 190 g/mol. The van der Waals surface area contributed by atoms with Gasteiger partial charge in [0.15, 0.2) is 0 Å². The van der Waals surface area contributed by atoms with Crippen LogP contribution in [0.3, 0.4) is 0 Å². The predicted octanol–water partition coefficient (Wildman–Crippen LogP) is -0.454. The van der Waals surface area contributed by atoms with Crippen molar-refractivity contribution in [2.75, 3.05) is 60.5 Å². The Balaban J connectivity index is 2.43. The highest BCUT2D eigenvalue weighted by Gasteiger charge is 2.22. The van der Waals surface area contributed by atoms with Crippen molar-refractivity contribution in [2.45, 2.75) is 12.5 Å². The zero-order valence-corrected chi connectivity index (χ0v) is 10.3. The second kappa shape index (κ2) is 6.43. The molecule has 0 aromatic heterocycles. The Kier molecular flexibility index (Phi) is 5.53. The summed E-state index contributed by atoms with van der Waals surface area (Å²) in [6.45, 7) is 5.66. The molecule has 1 atom stereocenters. The third kappa shape index (κ3) is 4.47. The highest BCUT2D eigenvalue weighted by molar-refractivity contribution is 4.78. The minimum absolute atomic E-state index is 0.276. The maximum absolute atomic E-state index is 9.39. The van der Waals surface area contributed by atoms with Gasteiger partial charge in [0.2, 0.25) is 0 Å². The predicted molar refractivity (Wildman–Crippen MR) is 63.1 cm³/mol. The van der Waals surface area contributed by atoms with E-state index < -0.39 is 0 Å². The molecule has 0 radical (unpaired) electrons. The van der Waals surface area contributed by atoms with Crippen molar-refractivity contribution in [3.05, 3.63) is 0 Å². The molecule has 15 heavy (non-hydrogen) atoms. The van der Waals surface area contributed by atoms with E-state index in [1.807, 2.05) is 0 Å². The Morgan fingerprint density at radius 1 is 1.33 bits per heavy atom. The maximum Gasteiger partial charge on any atom is 0.0599 e. The first-order valence-electron chi connectivity index (χ1n) is 5.81. The molecule has 0 aliphatic carbocycles. The van der Waals surface area contributed by atoms with Crippen molar-refractivity contribution in [1.82, 2.24) is 14.7 Å². The summed E-state index contributed by atoms with van der Waals surface area (Å²) in [6.07, 6.45) is 1.21. The fraction of sp³-hybridized carbons (Fsp3) is 1.00. The van der Waals surface area contributed by atoms with Gasteiger partial charge in [-0.2, -0.15) is 0 Å². The lowest BCUT2D eigenvalue weighted by Crippen LogP contribution is -2.45. The summed E-state index contributed by atoms with van der Waals surface area (Å²) < 4.78 is 0. The van der Waals surface area contributed by atoms with Crippen LogP contribution in [0.5, 0.6) is 0 Å². The van der Waals surface area contributed by atoms with Crippen LogP contribution in [0.4, 0.5) is 0 Å². The van der Waals surface area contributed by atoms with Crippen molar-refractivity contribution in [2.24, 2.45) is 0 Å². The van der Waals surface area contributed by atoms with E-state index in [4.69, 9.17) is 0 Å². The quantitative estimate of drug-likeness (QED) is 0.688. The van der Waals surface area contributed by atoms with Crippen LogP contribution in [0.25, 0.3) is 0 Å². The number of aliphatic hydroxyl groups excluding tert-OH is 1. The zero-order chi connectivity index (χ0) is 11.3. The van der Waals surface area contributed by atoms with Crippen LogP contribution in [-0.2, 0) is 0 Å². The number of hydrogen-bond acceptors (Lipinski definition) is 4. The van der Waals surface area contributed by atoms with E-state index in [1.165, 1.54) is 6.42 Å². The van der Waals surface area contributed by atoms with E-state index in [1.54, 1.807) is 0 Å². The molecule has 1 N–H and O–H groups in total. The van der Waals surface area contributed by atoms with Gasteiger partial charge < -0.3 is 14.9 Å². The van der Waals surface area contributed by atoms with E-state index >= 15 is 0 Å². The van der Waals surface area contributed by atoms with Crippen molar-refractivity contribution in [1.29, 1.82) is 0 Å². The summed E-state index contributed by atoms with van der Waals surface area (Å²) in [6, 6.07) is 0.317. The molecule has 4 heteroatoms. The highest BCUT2D eigenvalue weighted by atomic mass is 16.3. The molecule has 0 aromatic rings. The van der Waals surface area contributed by atoms with E-state index in [-0.39, 0.29) is 6.61 Å². The standard InChI is InChI=1S/C11H25N3O/c1-12(2)7-8-14-6-4-5-13(3)9-11(14)10-15/h11,15H,4-10H2,1-3H3. The summed E-state index contributed by atoms with van der Waals surface area (Å²) in [5, 5.41) is 9.39. The summed E-state index contributed by atoms with van der Waals surface area (Å²) in [5.74, 6) is 0. The smallest absolute Gasteiger partial charge is 0.0599 e. The molecule has 1 aliphatic rings. The second-order valence-corrected chi connectivity index (χ2v) is 4.79. The van der Waals surface area contributed by atoms with E-state index in [0.717, 1.165) is 32.7 Å². The van der Waals surface area contributed by atoms with Gasteiger partial charge >= 0.3 is 0 Å². The topological polar surface area (TPSA) is 30.0 Å². The van der Waals surface area contributed by atoms with Crippen molar-refractivity contribution < 1.29 is 5.11 Å². The number of hydrogen-bond donors (Lipinski definition) is 1. The lowest BCUT2D eigenvalue weighted by Gasteiger charge is -2.30. The number of aliphatic hydroxyl groups is 1. The zero-order valence-electron chi connectivity index (χ0n) is 10.3. The van der Waals surface area contributed by atoms with E-state index in [9.17, 15) is 5.11 Å². The fourth-order valence-electron chi connectivity index (χ4n) is 2.09. The van der Waals surface area contributed by atoms with Crippen LogP contribution in [0.15, 0.2) is 0 Å². The maximum atomic E-state index is 9.39. The minimum Gasteiger partial charge on any atom is -0.395 e. The van der Waals surface area contributed by atoms with Crippen LogP contribution in [0.2, 0.25) is 0 Å². The molecule has 0 saturated carbocycles. The summed E-state index contributed by atoms with van der Waals surface area (Å²) in [5.41, 5.74) is 0. The summed E-state index contributed by atoms with van der Waals surface area (Å²) in [4.78, 5) is 6.93. The summed E-state index contributed by atoms with van der Waals surface area (Å²) >= 11 is 0. The molecule has 1 heterocycles. The van der Waals surface area contributed by atoms with Crippen molar-refractivity contribution in [3.63, 3.8) is 0 Å². The largest absolute Gasteiger partial charge is 0.395 e. The molecule has 1 aliphatic heterocycles. The van der Waals surface area contributed by atoms with Crippen molar-refractivity contribution in [3.8, 4) is 0 Å². The van der Waals surface area contributed by atoms with Gasteiger partial charge in [0.05, 0.1) is 6.61 Å². The van der Waals surface area contributed by atoms with E-state index in [0.29, 0.717) is 6.04 Å². The first kappa shape index (κ1) is 12.9. The number of rotatable bonds is 4. The van der Waals surface area contributed by atoms with E-state index in [2.05, 4.69) is 35.8 Å². The lowest BCUT2D eigenvalue weighted by atomic mass is 10.2. The molecule has 1 unspecified atom stereocenters. The van der Waals surface area contributed by atoms with Gasteiger partial charge in [-0.3, -0.25) is 4.90 Å². The van der Waals surface area contributed by atoms with Gasteiger partial charge in [-0.05, 0) is 40.7 Å². The highest BCUT2D eigenvalue weighted by Crippen LogP contribution is 2.08. The van der Waals surface area contributed by atoms with Crippen LogP contribution in [0.1, 0.15) is 6.42 Å². The molecule has 0 bridgehead atoms. The molecule has 4 nitrogen and oxygen atoms in total. The Labute approximate surface area is 93.5 Å². The summed E-state index contributed by atoms with van der Waals surface area (Å²) in [7, 11) is 6.33.